The molecule has 0 aromatic carbocycles. The summed E-state index contributed by atoms with van der Waals surface area (Å²) in [6, 6.07) is 0. The van der Waals surface area contributed by atoms with Crippen LogP contribution in [0.3, 0.4) is 0 Å². The van der Waals surface area contributed by atoms with Gasteiger partial charge in [0.2, 0.25) is 0 Å². The van der Waals surface area contributed by atoms with Crippen molar-refractivity contribution < 1.29 is 4.74 Å². The van der Waals surface area contributed by atoms with Gasteiger partial charge in [-0.05, 0) is 44.5 Å². The van der Waals surface area contributed by atoms with Gasteiger partial charge >= 0.3 is 0 Å². The van der Waals surface area contributed by atoms with Crippen LogP contribution in [-0.4, -0.2) is 62.3 Å². The van der Waals surface area contributed by atoms with E-state index in [9.17, 15) is 0 Å². The Bertz CT molecular complexity index is 236. The number of hydrogen-bond acceptors (Lipinski definition) is 4. The summed E-state index contributed by atoms with van der Waals surface area (Å²) in [7, 11) is 0. The van der Waals surface area contributed by atoms with Crippen LogP contribution in [0.1, 0.15) is 32.6 Å². The highest BCUT2D eigenvalue weighted by Crippen LogP contribution is 2.30. The summed E-state index contributed by atoms with van der Waals surface area (Å²) in [6.07, 6.45) is 5.13. The fourth-order valence-electron chi connectivity index (χ4n) is 3.19. The number of rotatable bonds is 6. The van der Waals surface area contributed by atoms with Crippen LogP contribution in [0.25, 0.3) is 0 Å². The van der Waals surface area contributed by atoms with Crippen LogP contribution < -0.4 is 5.32 Å². The summed E-state index contributed by atoms with van der Waals surface area (Å²) in [5.41, 5.74) is 0.364. The second kappa shape index (κ2) is 8.50. The molecule has 0 aromatic heterocycles. The molecule has 0 amide bonds. The molecule has 2 saturated heterocycles. The van der Waals surface area contributed by atoms with E-state index in [1.54, 1.807) is 0 Å². The van der Waals surface area contributed by atoms with Crippen molar-refractivity contribution in [2.75, 3.05) is 57.4 Å². The molecule has 2 rings (SSSR count). The lowest BCUT2D eigenvalue weighted by Gasteiger charge is -2.41. The summed E-state index contributed by atoms with van der Waals surface area (Å²) in [6.45, 7) is 10.2. The normalized spacial score (nSPS) is 30.2. The largest absolute Gasteiger partial charge is 0.381 e. The minimum absolute atomic E-state index is 0.364. The summed E-state index contributed by atoms with van der Waals surface area (Å²) >= 11 is 2.11. The van der Waals surface area contributed by atoms with Gasteiger partial charge in [-0.15, -0.1) is 0 Å². The molecule has 0 bridgehead atoms. The number of hydrogen-bond donors (Lipinski definition) is 1. The maximum Gasteiger partial charge on any atom is 0.0546 e. The van der Waals surface area contributed by atoms with E-state index in [-0.39, 0.29) is 0 Å². The van der Waals surface area contributed by atoms with Gasteiger partial charge in [-0.2, -0.15) is 11.8 Å². The van der Waals surface area contributed by atoms with E-state index < -0.39 is 0 Å². The fourth-order valence-corrected chi connectivity index (χ4v) is 4.12. The van der Waals surface area contributed by atoms with E-state index >= 15 is 0 Å². The molecule has 1 atom stereocenters. The molecular weight excluding hydrogens is 256 g/mol. The Morgan fingerprint density at radius 1 is 1.26 bits per heavy atom. The van der Waals surface area contributed by atoms with Crippen LogP contribution in [0.4, 0.5) is 0 Å². The minimum atomic E-state index is 0.364. The van der Waals surface area contributed by atoms with Crippen LogP contribution >= 0.6 is 11.8 Å². The molecule has 2 aliphatic rings. The van der Waals surface area contributed by atoms with Gasteiger partial charge in [-0.3, -0.25) is 0 Å². The van der Waals surface area contributed by atoms with Gasteiger partial charge < -0.3 is 15.0 Å². The van der Waals surface area contributed by atoms with Crippen molar-refractivity contribution in [2.24, 2.45) is 5.41 Å². The van der Waals surface area contributed by atoms with Gasteiger partial charge in [0.15, 0.2) is 0 Å². The third kappa shape index (κ3) is 5.25. The molecule has 4 heteroatoms. The molecule has 0 aromatic rings. The van der Waals surface area contributed by atoms with E-state index in [2.05, 4.69) is 28.9 Å². The number of nitrogens with one attached hydrogen (secondary N) is 1. The molecule has 0 saturated carbocycles. The number of ether oxygens (including phenoxy) is 1. The Morgan fingerprint density at radius 2 is 2.21 bits per heavy atom. The van der Waals surface area contributed by atoms with Crippen molar-refractivity contribution in [3.8, 4) is 0 Å². The van der Waals surface area contributed by atoms with Crippen LogP contribution in [0.2, 0.25) is 0 Å². The summed E-state index contributed by atoms with van der Waals surface area (Å²) < 4.78 is 5.82. The quantitative estimate of drug-likeness (QED) is 0.757. The summed E-state index contributed by atoms with van der Waals surface area (Å²) in [4.78, 5) is 2.68. The first-order valence-corrected chi connectivity index (χ1v) is 9.09. The first kappa shape index (κ1) is 15.6. The lowest BCUT2D eigenvalue weighted by atomic mass is 9.81. The predicted molar refractivity (Wildman–Crippen MR) is 84.0 cm³/mol. The first-order valence-electron chi connectivity index (χ1n) is 7.93. The van der Waals surface area contributed by atoms with E-state index in [1.807, 2.05) is 0 Å². The molecule has 1 N–H and O–H groups in total. The second-order valence-corrected chi connectivity index (χ2v) is 7.30. The van der Waals surface area contributed by atoms with Crippen molar-refractivity contribution in [1.82, 2.24) is 10.2 Å². The molecule has 2 fully saturated rings. The molecule has 0 radical (unpaired) electrons. The predicted octanol–water partition coefficient (Wildman–Crippen LogP) is 2.22. The molecule has 19 heavy (non-hydrogen) atoms. The van der Waals surface area contributed by atoms with E-state index in [0.29, 0.717) is 5.41 Å². The lowest BCUT2D eigenvalue weighted by Crippen LogP contribution is -2.49. The van der Waals surface area contributed by atoms with Crippen molar-refractivity contribution in [1.29, 1.82) is 0 Å². The van der Waals surface area contributed by atoms with E-state index in [0.717, 1.165) is 26.3 Å². The smallest absolute Gasteiger partial charge is 0.0546 e. The van der Waals surface area contributed by atoms with Gasteiger partial charge in [0.25, 0.3) is 0 Å². The van der Waals surface area contributed by atoms with Crippen LogP contribution in [0, 0.1) is 5.41 Å². The van der Waals surface area contributed by atoms with Gasteiger partial charge in [-0.25, -0.2) is 0 Å². The van der Waals surface area contributed by atoms with Gasteiger partial charge in [-0.1, -0.05) is 6.92 Å². The topological polar surface area (TPSA) is 24.5 Å². The molecule has 0 spiro atoms. The van der Waals surface area contributed by atoms with E-state index in [1.165, 1.54) is 56.8 Å². The summed E-state index contributed by atoms with van der Waals surface area (Å²) in [5.74, 6) is 2.65. The lowest BCUT2D eigenvalue weighted by molar-refractivity contribution is -0.0251. The Hall–Kier alpha value is 0.230. The zero-order chi connectivity index (χ0) is 13.4. The van der Waals surface area contributed by atoms with Gasteiger partial charge in [0.1, 0.15) is 0 Å². The van der Waals surface area contributed by atoms with Crippen LogP contribution in [0.15, 0.2) is 0 Å². The van der Waals surface area contributed by atoms with Crippen LogP contribution in [0.5, 0.6) is 0 Å². The molecule has 1 unspecified atom stereocenters. The average molecular weight is 286 g/mol. The average Bonchev–Trinajstić information content (AvgIpc) is 2.69. The van der Waals surface area contributed by atoms with Crippen molar-refractivity contribution in [2.45, 2.75) is 32.6 Å². The molecule has 112 valence electrons. The van der Waals surface area contributed by atoms with E-state index in [4.69, 9.17) is 4.74 Å². The SMILES string of the molecule is CCCNCC1(CN2CCCSCC2)CCCOC1. The zero-order valence-corrected chi connectivity index (χ0v) is 13.3. The standard InChI is InChI=1S/C15H30N2OS/c1-2-6-16-12-15(5-3-9-18-14-15)13-17-7-4-10-19-11-8-17/h16H,2-14H2,1H3. The fraction of sp³-hybridized carbons (Fsp3) is 1.00. The monoisotopic (exact) mass is 286 g/mol. The molecule has 0 aliphatic carbocycles. The Kier molecular flexibility index (Phi) is 6.99. The molecule has 2 aliphatic heterocycles. The molecule has 3 nitrogen and oxygen atoms in total. The highest BCUT2D eigenvalue weighted by atomic mass is 32.2. The number of thioether (sulfide) groups is 1. The molecule has 2 heterocycles. The third-order valence-corrected chi connectivity index (χ3v) is 5.25. The van der Waals surface area contributed by atoms with Gasteiger partial charge in [0.05, 0.1) is 6.61 Å². The zero-order valence-electron chi connectivity index (χ0n) is 12.5. The van der Waals surface area contributed by atoms with Crippen molar-refractivity contribution >= 4 is 11.8 Å². The second-order valence-electron chi connectivity index (χ2n) is 6.07. The van der Waals surface area contributed by atoms with Gasteiger partial charge in [0, 0.05) is 37.4 Å². The Balaban J connectivity index is 1.87. The first-order chi connectivity index (χ1) is 9.35. The summed E-state index contributed by atoms with van der Waals surface area (Å²) in [5, 5.41) is 3.64. The maximum absolute atomic E-state index is 5.82. The molecular formula is C15H30N2OS. The minimum Gasteiger partial charge on any atom is -0.381 e. The third-order valence-electron chi connectivity index (χ3n) is 4.20. The van der Waals surface area contributed by atoms with Crippen LogP contribution in [-0.2, 0) is 4.74 Å². The maximum atomic E-state index is 5.82. The van der Waals surface area contributed by atoms with Crippen molar-refractivity contribution in [3.05, 3.63) is 0 Å². The Labute approximate surface area is 122 Å². The van der Waals surface area contributed by atoms with Crippen molar-refractivity contribution in [3.63, 3.8) is 0 Å². The highest BCUT2D eigenvalue weighted by molar-refractivity contribution is 7.99. The number of nitrogens with zero attached hydrogens (tertiary/aromatic N) is 1. The Morgan fingerprint density at radius 3 is 3.00 bits per heavy atom. The highest BCUT2D eigenvalue weighted by Gasteiger charge is 2.34.